The van der Waals surface area contributed by atoms with Gasteiger partial charge in [-0.2, -0.15) is 0 Å². The first-order valence-electron chi connectivity index (χ1n) is 8.17. The van der Waals surface area contributed by atoms with Crippen LogP contribution in [-0.2, 0) is 0 Å². The number of anilines is 1. The third kappa shape index (κ3) is 3.74. The monoisotopic (exact) mass is 273 g/mol. The highest BCUT2D eigenvalue weighted by atomic mass is 15.3. The van der Waals surface area contributed by atoms with Crippen molar-refractivity contribution < 1.29 is 0 Å². The van der Waals surface area contributed by atoms with Crippen LogP contribution in [0.5, 0.6) is 0 Å². The fourth-order valence-electron chi connectivity index (χ4n) is 3.43. The smallest absolute Gasteiger partial charge is 0.0367 e. The Kier molecular flexibility index (Phi) is 4.93. The Hall–Kier alpha value is -1.06. The lowest BCUT2D eigenvalue weighted by atomic mass is 10.2. The molecule has 2 aliphatic rings. The van der Waals surface area contributed by atoms with Crippen LogP contribution in [0.25, 0.3) is 0 Å². The summed E-state index contributed by atoms with van der Waals surface area (Å²) in [6.07, 6.45) is 5.63. The first kappa shape index (κ1) is 13.9. The molecule has 1 N–H and O–H groups in total. The molecule has 0 radical (unpaired) electrons. The van der Waals surface area contributed by atoms with Crippen LogP contribution >= 0.6 is 0 Å². The molecule has 0 bridgehead atoms. The van der Waals surface area contributed by atoms with Gasteiger partial charge in [0.1, 0.15) is 0 Å². The Morgan fingerprint density at radius 1 is 0.950 bits per heavy atom. The standard InChI is InChI=1S/C17H27N3/c1-2-8-17(9-3-1)20-14-12-19(13-15-20)11-10-18-16-6-4-5-7-16/h1-3,8-9,16,18H,4-7,10-15H2. The molecule has 3 rings (SSSR count). The number of nitrogens with one attached hydrogen (secondary N) is 1. The summed E-state index contributed by atoms with van der Waals surface area (Å²) < 4.78 is 0. The average molecular weight is 273 g/mol. The molecule has 0 amide bonds. The van der Waals surface area contributed by atoms with Crippen LogP contribution in [-0.4, -0.2) is 50.2 Å². The van der Waals surface area contributed by atoms with Gasteiger partial charge in [0.05, 0.1) is 0 Å². The van der Waals surface area contributed by atoms with E-state index in [1.807, 2.05) is 0 Å². The molecule has 3 nitrogen and oxygen atoms in total. The molecule has 1 aromatic rings. The van der Waals surface area contributed by atoms with Crippen LogP contribution in [0.2, 0.25) is 0 Å². The first-order chi connectivity index (χ1) is 9.92. The quantitative estimate of drug-likeness (QED) is 0.888. The summed E-state index contributed by atoms with van der Waals surface area (Å²) in [5.74, 6) is 0. The zero-order valence-corrected chi connectivity index (χ0v) is 12.4. The molecule has 0 atom stereocenters. The summed E-state index contributed by atoms with van der Waals surface area (Å²) in [6.45, 7) is 7.08. The van der Waals surface area contributed by atoms with Gasteiger partial charge in [-0.25, -0.2) is 0 Å². The molecule has 1 heterocycles. The Labute approximate surface area is 123 Å². The molecule has 2 fully saturated rings. The number of nitrogens with zero attached hydrogens (tertiary/aromatic N) is 2. The normalized spacial score (nSPS) is 21.5. The van der Waals surface area contributed by atoms with Crippen LogP contribution in [0.1, 0.15) is 25.7 Å². The van der Waals surface area contributed by atoms with Gasteiger partial charge in [-0.3, -0.25) is 4.90 Å². The van der Waals surface area contributed by atoms with Crippen molar-refractivity contribution in [3.05, 3.63) is 30.3 Å². The third-order valence-electron chi connectivity index (χ3n) is 4.71. The maximum absolute atomic E-state index is 3.72. The molecule has 3 heteroatoms. The van der Waals surface area contributed by atoms with Crippen LogP contribution in [0, 0.1) is 0 Å². The van der Waals surface area contributed by atoms with Crippen LogP contribution in [0.15, 0.2) is 30.3 Å². The van der Waals surface area contributed by atoms with E-state index in [1.54, 1.807) is 0 Å². The second kappa shape index (κ2) is 7.09. The number of para-hydroxylation sites is 1. The van der Waals surface area contributed by atoms with Crippen molar-refractivity contribution in [1.82, 2.24) is 10.2 Å². The minimum atomic E-state index is 0.806. The molecule has 110 valence electrons. The molecule has 1 aromatic carbocycles. The zero-order valence-electron chi connectivity index (χ0n) is 12.4. The van der Waals surface area contributed by atoms with Gasteiger partial charge in [0.25, 0.3) is 0 Å². The van der Waals surface area contributed by atoms with Crippen LogP contribution in [0.3, 0.4) is 0 Å². The van der Waals surface area contributed by atoms with E-state index in [1.165, 1.54) is 51.0 Å². The fraction of sp³-hybridized carbons (Fsp3) is 0.647. The van der Waals surface area contributed by atoms with Gasteiger partial charge in [0, 0.05) is 51.0 Å². The van der Waals surface area contributed by atoms with E-state index in [0.29, 0.717) is 0 Å². The Morgan fingerprint density at radius 3 is 2.35 bits per heavy atom. The van der Waals surface area contributed by atoms with Crippen molar-refractivity contribution in [2.45, 2.75) is 31.7 Å². The van der Waals surface area contributed by atoms with Crippen LogP contribution in [0.4, 0.5) is 5.69 Å². The molecule has 0 unspecified atom stereocenters. The fourth-order valence-corrected chi connectivity index (χ4v) is 3.43. The summed E-state index contributed by atoms with van der Waals surface area (Å²) in [6, 6.07) is 11.6. The molecule has 0 spiro atoms. The maximum Gasteiger partial charge on any atom is 0.0367 e. The molecule has 1 saturated carbocycles. The van der Waals surface area contributed by atoms with E-state index >= 15 is 0 Å². The summed E-state index contributed by atoms with van der Waals surface area (Å²) >= 11 is 0. The van der Waals surface area contributed by atoms with Gasteiger partial charge in [-0.15, -0.1) is 0 Å². The molecule has 20 heavy (non-hydrogen) atoms. The van der Waals surface area contributed by atoms with Gasteiger partial charge >= 0.3 is 0 Å². The van der Waals surface area contributed by atoms with Crippen molar-refractivity contribution in [1.29, 1.82) is 0 Å². The van der Waals surface area contributed by atoms with Gasteiger partial charge in [0.15, 0.2) is 0 Å². The summed E-state index contributed by atoms with van der Waals surface area (Å²) in [4.78, 5) is 5.10. The summed E-state index contributed by atoms with van der Waals surface area (Å²) in [5, 5.41) is 3.72. The molecular formula is C17H27N3. The predicted octanol–water partition coefficient (Wildman–Crippen LogP) is 2.34. The van der Waals surface area contributed by atoms with Gasteiger partial charge in [-0.1, -0.05) is 31.0 Å². The summed E-state index contributed by atoms with van der Waals surface area (Å²) in [5.41, 5.74) is 1.37. The number of rotatable bonds is 5. The Morgan fingerprint density at radius 2 is 1.65 bits per heavy atom. The number of hydrogen-bond acceptors (Lipinski definition) is 3. The SMILES string of the molecule is c1ccc(N2CCN(CCNC3CCCC3)CC2)cc1. The van der Waals surface area contributed by atoms with E-state index in [9.17, 15) is 0 Å². The Balaban J connectivity index is 1.36. The largest absolute Gasteiger partial charge is 0.369 e. The lowest BCUT2D eigenvalue weighted by molar-refractivity contribution is 0.254. The molecule has 1 aliphatic carbocycles. The zero-order chi connectivity index (χ0) is 13.6. The van der Waals surface area contributed by atoms with Crippen molar-refractivity contribution >= 4 is 5.69 Å². The number of piperazine rings is 1. The van der Waals surface area contributed by atoms with Gasteiger partial charge in [-0.05, 0) is 25.0 Å². The minimum absolute atomic E-state index is 0.806. The lowest BCUT2D eigenvalue weighted by Crippen LogP contribution is -2.48. The highest BCUT2D eigenvalue weighted by Gasteiger charge is 2.18. The van der Waals surface area contributed by atoms with E-state index in [2.05, 4.69) is 45.4 Å². The Bertz CT molecular complexity index is 378. The number of hydrogen-bond donors (Lipinski definition) is 1. The van der Waals surface area contributed by atoms with Crippen molar-refractivity contribution in [3.63, 3.8) is 0 Å². The minimum Gasteiger partial charge on any atom is -0.369 e. The average Bonchev–Trinajstić information content (AvgIpc) is 3.02. The maximum atomic E-state index is 3.72. The van der Waals surface area contributed by atoms with E-state index in [-0.39, 0.29) is 0 Å². The lowest BCUT2D eigenvalue weighted by Gasteiger charge is -2.36. The molecule has 1 aliphatic heterocycles. The van der Waals surface area contributed by atoms with E-state index < -0.39 is 0 Å². The molecular weight excluding hydrogens is 246 g/mol. The summed E-state index contributed by atoms with van der Waals surface area (Å²) in [7, 11) is 0. The highest BCUT2D eigenvalue weighted by molar-refractivity contribution is 5.46. The first-order valence-corrected chi connectivity index (χ1v) is 8.17. The molecule has 0 aromatic heterocycles. The highest BCUT2D eigenvalue weighted by Crippen LogP contribution is 2.17. The van der Waals surface area contributed by atoms with Crippen molar-refractivity contribution in [3.8, 4) is 0 Å². The van der Waals surface area contributed by atoms with E-state index in [4.69, 9.17) is 0 Å². The molecule has 1 saturated heterocycles. The van der Waals surface area contributed by atoms with Crippen molar-refractivity contribution in [2.75, 3.05) is 44.2 Å². The van der Waals surface area contributed by atoms with Gasteiger partial charge in [0.2, 0.25) is 0 Å². The third-order valence-corrected chi connectivity index (χ3v) is 4.71. The second-order valence-corrected chi connectivity index (χ2v) is 6.10. The second-order valence-electron chi connectivity index (χ2n) is 6.10. The van der Waals surface area contributed by atoms with E-state index in [0.717, 1.165) is 25.7 Å². The number of benzene rings is 1. The van der Waals surface area contributed by atoms with Crippen molar-refractivity contribution in [2.24, 2.45) is 0 Å². The topological polar surface area (TPSA) is 18.5 Å². The van der Waals surface area contributed by atoms with Gasteiger partial charge < -0.3 is 10.2 Å². The predicted molar refractivity (Wildman–Crippen MR) is 85.4 cm³/mol. The van der Waals surface area contributed by atoms with Crippen LogP contribution < -0.4 is 10.2 Å².